The lowest BCUT2D eigenvalue weighted by molar-refractivity contribution is -0.385. The number of nitrogens with zero attached hydrogens (tertiary/aromatic N) is 1. The van der Waals surface area contributed by atoms with Gasteiger partial charge in [0.1, 0.15) is 0 Å². The molecule has 1 amide bonds. The first-order valence-corrected chi connectivity index (χ1v) is 4.47. The molecule has 1 rings (SSSR count). The summed E-state index contributed by atoms with van der Waals surface area (Å²) in [5.74, 6) is -0.674. The van der Waals surface area contributed by atoms with E-state index in [1.165, 1.54) is 19.1 Å². The molecule has 0 unspecified atom stereocenters. The van der Waals surface area contributed by atoms with Gasteiger partial charge in [-0.3, -0.25) is 14.9 Å². The van der Waals surface area contributed by atoms with E-state index in [-0.39, 0.29) is 16.8 Å². The molecule has 0 aliphatic carbocycles. The van der Waals surface area contributed by atoms with Crippen molar-refractivity contribution in [1.29, 1.82) is 0 Å². The van der Waals surface area contributed by atoms with Crippen molar-refractivity contribution in [3.05, 3.63) is 37.8 Å². The van der Waals surface area contributed by atoms with Gasteiger partial charge in [-0.05, 0) is 13.0 Å². The molecule has 0 bridgehead atoms. The summed E-state index contributed by atoms with van der Waals surface area (Å²) >= 11 is 3.07. The van der Waals surface area contributed by atoms with Gasteiger partial charge in [-0.25, -0.2) is 0 Å². The predicted octanol–water partition coefficient (Wildman–Crippen LogP) is 1.76. The maximum Gasteiger partial charge on any atom is 0.274 e. The second kappa shape index (κ2) is 3.75. The second-order valence-electron chi connectivity index (χ2n) is 2.72. The number of carbonyl (C=O) groups excluding carboxylic acids is 1. The molecule has 0 aromatic heterocycles. The highest BCUT2D eigenvalue weighted by atomic mass is 79.9. The second-order valence-corrected chi connectivity index (χ2v) is 3.63. The topological polar surface area (TPSA) is 86.2 Å². The molecule has 14 heavy (non-hydrogen) atoms. The van der Waals surface area contributed by atoms with Crippen molar-refractivity contribution in [3.8, 4) is 0 Å². The lowest BCUT2D eigenvalue weighted by Gasteiger charge is -2.03. The summed E-state index contributed by atoms with van der Waals surface area (Å²) in [6, 6.07) is 2.80. The van der Waals surface area contributed by atoms with Crippen molar-refractivity contribution in [2.75, 3.05) is 0 Å². The zero-order chi connectivity index (χ0) is 10.9. The molecule has 0 aliphatic rings. The first kappa shape index (κ1) is 10.6. The number of halogens is 1. The molecule has 0 atom stereocenters. The Balaban J connectivity index is 3.47. The summed E-state index contributed by atoms with van der Waals surface area (Å²) in [7, 11) is 0. The smallest absolute Gasteiger partial charge is 0.274 e. The van der Waals surface area contributed by atoms with Gasteiger partial charge < -0.3 is 5.73 Å². The van der Waals surface area contributed by atoms with Crippen molar-refractivity contribution in [1.82, 2.24) is 0 Å². The quantitative estimate of drug-likeness (QED) is 0.648. The van der Waals surface area contributed by atoms with E-state index in [9.17, 15) is 14.9 Å². The normalized spacial score (nSPS) is 9.86. The van der Waals surface area contributed by atoms with Crippen LogP contribution in [0.15, 0.2) is 16.6 Å². The van der Waals surface area contributed by atoms with E-state index in [4.69, 9.17) is 5.73 Å². The predicted molar refractivity (Wildman–Crippen MR) is 54.1 cm³/mol. The minimum atomic E-state index is -0.674. The molecule has 0 aliphatic heterocycles. The van der Waals surface area contributed by atoms with Gasteiger partial charge in [-0.15, -0.1) is 0 Å². The average Bonchev–Trinajstić information content (AvgIpc) is 2.07. The highest BCUT2D eigenvalue weighted by Gasteiger charge is 2.17. The van der Waals surface area contributed by atoms with E-state index in [0.29, 0.717) is 4.47 Å². The number of nitro benzene ring substituents is 1. The minimum Gasteiger partial charge on any atom is -0.366 e. The highest BCUT2D eigenvalue weighted by molar-refractivity contribution is 9.10. The van der Waals surface area contributed by atoms with Crippen LogP contribution in [0.3, 0.4) is 0 Å². The molecule has 5 nitrogen and oxygen atoms in total. The molecular weight excluding hydrogens is 252 g/mol. The van der Waals surface area contributed by atoms with Crippen LogP contribution >= 0.6 is 15.9 Å². The summed E-state index contributed by atoms with van der Waals surface area (Å²) in [5, 5.41) is 10.6. The van der Waals surface area contributed by atoms with Crippen LogP contribution in [-0.2, 0) is 0 Å². The minimum absolute atomic E-state index is 0.117. The van der Waals surface area contributed by atoms with Gasteiger partial charge in [-0.2, -0.15) is 0 Å². The monoisotopic (exact) mass is 258 g/mol. The fourth-order valence-corrected chi connectivity index (χ4v) is 1.56. The molecule has 0 radical (unpaired) electrons. The number of primary amides is 1. The maximum atomic E-state index is 10.9. The molecule has 1 aromatic rings. The summed E-state index contributed by atoms with van der Waals surface area (Å²) < 4.78 is 0.462. The molecular formula is C8H7BrN2O3. The van der Waals surface area contributed by atoms with Crippen molar-refractivity contribution in [2.24, 2.45) is 5.73 Å². The van der Waals surface area contributed by atoms with Crippen molar-refractivity contribution in [2.45, 2.75) is 6.92 Å². The van der Waals surface area contributed by atoms with Crippen LogP contribution in [0.2, 0.25) is 0 Å². The average molecular weight is 259 g/mol. The first-order valence-electron chi connectivity index (χ1n) is 3.68. The molecule has 0 spiro atoms. The number of carbonyl (C=O) groups is 1. The van der Waals surface area contributed by atoms with E-state index in [0.717, 1.165) is 0 Å². The van der Waals surface area contributed by atoms with Crippen molar-refractivity contribution >= 4 is 27.5 Å². The van der Waals surface area contributed by atoms with E-state index in [2.05, 4.69) is 15.9 Å². The van der Waals surface area contributed by atoms with Crippen LogP contribution in [0.4, 0.5) is 5.69 Å². The zero-order valence-electron chi connectivity index (χ0n) is 7.28. The van der Waals surface area contributed by atoms with Gasteiger partial charge in [0.2, 0.25) is 5.91 Å². The van der Waals surface area contributed by atoms with Crippen molar-refractivity contribution < 1.29 is 9.72 Å². The Labute approximate surface area is 88.2 Å². The fraction of sp³-hybridized carbons (Fsp3) is 0.125. The van der Waals surface area contributed by atoms with Gasteiger partial charge in [0.05, 0.1) is 4.92 Å². The summed E-state index contributed by atoms with van der Waals surface area (Å²) in [4.78, 5) is 21.0. The highest BCUT2D eigenvalue weighted by Crippen LogP contribution is 2.26. The van der Waals surface area contributed by atoms with Gasteiger partial charge in [0, 0.05) is 21.7 Å². The number of nitro groups is 1. The standard InChI is InChI=1S/C8H7BrN2O3/c1-4-6(8(10)12)2-5(9)3-7(4)11(13)14/h2-3H,1H3,(H2,10,12). The van der Waals surface area contributed by atoms with Crippen LogP contribution in [-0.4, -0.2) is 10.8 Å². The number of rotatable bonds is 2. The molecule has 6 heteroatoms. The zero-order valence-corrected chi connectivity index (χ0v) is 8.87. The third kappa shape index (κ3) is 1.90. The lowest BCUT2D eigenvalue weighted by Crippen LogP contribution is -2.13. The maximum absolute atomic E-state index is 10.9. The number of amides is 1. The van der Waals surface area contributed by atoms with Crippen molar-refractivity contribution in [3.63, 3.8) is 0 Å². The van der Waals surface area contributed by atoms with Crippen LogP contribution in [0.25, 0.3) is 0 Å². The molecule has 0 saturated heterocycles. The first-order chi connectivity index (χ1) is 6.43. The Hall–Kier alpha value is -1.43. The Bertz CT molecular complexity index is 382. The van der Waals surface area contributed by atoms with E-state index in [1.54, 1.807) is 0 Å². The third-order valence-corrected chi connectivity index (χ3v) is 2.27. The Morgan fingerprint density at radius 1 is 1.57 bits per heavy atom. The summed E-state index contributed by atoms with van der Waals surface area (Å²) in [5.41, 5.74) is 5.39. The number of hydrogen-bond acceptors (Lipinski definition) is 3. The molecule has 2 N–H and O–H groups in total. The van der Waals surface area contributed by atoms with E-state index >= 15 is 0 Å². The number of hydrogen-bond donors (Lipinski definition) is 1. The number of benzene rings is 1. The van der Waals surface area contributed by atoms with Crippen LogP contribution in [0.5, 0.6) is 0 Å². The summed E-state index contributed by atoms with van der Waals surface area (Å²) in [6.45, 7) is 1.49. The Morgan fingerprint density at radius 2 is 2.14 bits per heavy atom. The molecule has 0 fully saturated rings. The Kier molecular flexibility index (Phi) is 2.85. The van der Waals surface area contributed by atoms with Crippen LogP contribution in [0.1, 0.15) is 15.9 Å². The SMILES string of the molecule is Cc1c(C(N)=O)cc(Br)cc1[N+](=O)[O-]. The van der Waals surface area contributed by atoms with Gasteiger partial charge >= 0.3 is 0 Å². The largest absolute Gasteiger partial charge is 0.366 e. The van der Waals surface area contributed by atoms with E-state index < -0.39 is 10.8 Å². The van der Waals surface area contributed by atoms with Crippen LogP contribution in [0, 0.1) is 17.0 Å². The molecule has 1 aromatic carbocycles. The Morgan fingerprint density at radius 3 is 2.57 bits per heavy atom. The summed E-state index contributed by atoms with van der Waals surface area (Å²) in [6.07, 6.45) is 0. The molecule has 0 saturated carbocycles. The van der Waals surface area contributed by atoms with Gasteiger partial charge in [0.15, 0.2) is 0 Å². The molecule has 74 valence electrons. The molecule has 0 heterocycles. The van der Waals surface area contributed by atoms with E-state index in [1.807, 2.05) is 0 Å². The fourth-order valence-electron chi connectivity index (χ4n) is 1.11. The van der Waals surface area contributed by atoms with Crippen LogP contribution < -0.4 is 5.73 Å². The van der Waals surface area contributed by atoms with Gasteiger partial charge in [0.25, 0.3) is 5.69 Å². The lowest BCUT2D eigenvalue weighted by atomic mass is 10.1. The third-order valence-electron chi connectivity index (χ3n) is 1.81. The number of nitrogens with two attached hydrogens (primary N) is 1. The van der Waals surface area contributed by atoms with Gasteiger partial charge in [-0.1, -0.05) is 15.9 Å².